The van der Waals surface area contributed by atoms with Crippen LogP contribution in [0.1, 0.15) is 32.4 Å². The second-order valence-electron chi connectivity index (χ2n) is 7.84. The predicted molar refractivity (Wildman–Crippen MR) is 111 cm³/mol. The van der Waals surface area contributed by atoms with E-state index in [4.69, 9.17) is 6.57 Å². The summed E-state index contributed by atoms with van der Waals surface area (Å²) in [4.78, 5) is 6.47. The maximum atomic E-state index is 16.0. The molecule has 0 fully saturated rings. The highest BCUT2D eigenvalue weighted by Gasteiger charge is 2.37. The summed E-state index contributed by atoms with van der Waals surface area (Å²) in [5.41, 5.74) is 1.04. The minimum atomic E-state index is -0.699. The quantitative estimate of drug-likeness (QED) is 0.436. The standard InChI is InChI=1S/C22H18F2N6/c1-5-16-28-29-21-22(2,3)27-14-9-13(23)17(18(24)20(14)30(16)21)12-8-6-7-11-15(25-4)10-26-19(11)12/h6-10,26-27H,5H2,1-3H3. The summed E-state index contributed by atoms with van der Waals surface area (Å²) >= 11 is 0. The largest absolute Gasteiger partial charge is 0.372 e. The number of para-hydroxylation sites is 1. The Balaban J connectivity index is 1.85. The number of aromatic nitrogens is 4. The molecular weight excluding hydrogens is 386 g/mol. The third-order valence-corrected chi connectivity index (χ3v) is 5.55. The van der Waals surface area contributed by atoms with Gasteiger partial charge >= 0.3 is 0 Å². The fraction of sp³-hybridized carbons (Fsp3) is 0.227. The molecule has 8 heteroatoms. The second-order valence-corrected chi connectivity index (χ2v) is 7.84. The van der Waals surface area contributed by atoms with Crippen LogP contribution in [0.25, 0.3) is 32.6 Å². The Morgan fingerprint density at radius 1 is 1.23 bits per heavy atom. The van der Waals surface area contributed by atoms with Crippen LogP contribution in [0.15, 0.2) is 30.5 Å². The lowest BCUT2D eigenvalue weighted by molar-refractivity contribution is 0.516. The molecule has 2 aromatic heterocycles. The van der Waals surface area contributed by atoms with Crippen molar-refractivity contribution >= 4 is 22.3 Å². The van der Waals surface area contributed by atoms with Crippen LogP contribution >= 0.6 is 0 Å². The highest BCUT2D eigenvalue weighted by Crippen LogP contribution is 2.44. The lowest BCUT2D eigenvalue weighted by atomic mass is 9.95. The van der Waals surface area contributed by atoms with Crippen LogP contribution in [-0.2, 0) is 12.0 Å². The van der Waals surface area contributed by atoms with Crippen molar-refractivity contribution in [1.82, 2.24) is 19.7 Å². The molecule has 0 spiro atoms. The van der Waals surface area contributed by atoms with Gasteiger partial charge < -0.3 is 10.3 Å². The van der Waals surface area contributed by atoms with E-state index < -0.39 is 17.2 Å². The van der Waals surface area contributed by atoms with Crippen LogP contribution < -0.4 is 5.32 Å². The van der Waals surface area contributed by atoms with Crippen LogP contribution in [0.3, 0.4) is 0 Å². The predicted octanol–water partition coefficient (Wildman–Crippen LogP) is 5.47. The second kappa shape index (κ2) is 6.13. The molecule has 1 aliphatic rings. The van der Waals surface area contributed by atoms with Gasteiger partial charge in [0.2, 0.25) is 5.69 Å². The Morgan fingerprint density at radius 3 is 2.77 bits per heavy atom. The van der Waals surface area contributed by atoms with E-state index in [1.54, 1.807) is 29.0 Å². The molecule has 0 radical (unpaired) electrons. The number of fused-ring (bicyclic) bond motifs is 4. The minimum absolute atomic E-state index is 0.152. The number of hydrogen-bond acceptors (Lipinski definition) is 3. The van der Waals surface area contributed by atoms with Crippen molar-refractivity contribution < 1.29 is 8.78 Å². The zero-order valence-electron chi connectivity index (χ0n) is 16.6. The number of benzene rings is 2. The van der Waals surface area contributed by atoms with Crippen molar-refractivity contribution in [2.24, 2.45) is 0 Å². The molecule has 0 bridgehead atoms. The van der Waals surface area contributed by atoms with Gasteiger partial charge in [0.25, 0.3) is 0 Å². The number of H-pyrrole nitrogens is 1. The van der Waals surface area contributed by atoms with Crippen molar-refractivity contribution in [1.29, 1.82) is 0 Å². The number of aryl methyl sites for hydroxylation is 1. The van der Waals surface area contributed by atoms with Crippen LogP contribution in [0.2, 0.25) is 0 Å². The monoisotopic (exact) mass is 404 g/mol. The summed E-state index contributed by atoms with van der Waals surface area (Å²) in [6, 6.07) is 6.42. The van der Waals surface area contributed by atoms with E-state index in [0.29, 0.717) is 45.9 Å². The van der Waals surface area contributed by atoms with Gasteiger partial charge in [-0.15, -0.1) is 10.2 Å². The van der Waals surface area contributed by atoms with Gasteiger partial charge in [0, 0.05) is 35.2 Å². The van der Waals surface area contributed by atoms with Crippen LogP contribution in [0.5, 0.6) is 0 Å². The molecule has 1 aliphatic heterocycles. The first-order valence-corrected chi connectivity index (χ1v) is 9.60. The van der Waals surface area contributed by atoms with Gasteiger partial charge in [0.15, 0.2) is 11.6 Å². The zero-order valence-corrected chi connectivity index (χ0v) is 16.6. The average Bonchev–Trinajstić information content (AvgIpc) is 3.32. The Labute approximate surface area is 171 Å². The summed E-state index contributed by atoms with van der Waals surface area (Å²) in [6.45, 7) is 13.0. The number of hydrogen-bond donors (Lipinski definition) is 2. The molecule has 6 nitrogen and oxygen atoms in total. The molecule has 150 valence electrons. The summed E-state index contributed by atoms with van der Waals surface area (Å²) < 4.78 is 33.0. The van der Waals surface area contributed by atoms with E-state index in [1.807, 2.05) is 20.8 Å². The molecule has 2 aromatic carbocycles. The molecule has 0 aliphatic carbocycles. The molecule has 30 heavy (non-hydrogen) atoms. The van der Waals surface area contributed by atoms with Crippen LogP contribution in [-0.4, -0.2) is 19.7 Å². The summed E-state index contributed by atoms with van der Waals surface area (Å²) in [7, 11) is 0. The van der Waals surface area contributed by atoms with Gasteiger partial charge in [-0.1, -0.05) is 25.1 Å². The number of nitrogens with one attached hydrogen (secondary N) is 2. The van der Waals surface area contributed by atoms with Gasteiger partial charge in [-0.25, -0.2) is 13.6 Å². The summed E-state index contributed by atoms with van der Waals surface area (Å²) in [5.74, 6) is -0.215. The molecule has 5 rings (SSSR count). The Bertz CT molecular complexity index is 1370. The van der Waals surface area contributed by atoms with E-state index in [1.165, 1.54) is 6.07 Å². The van der Waals surface area contributed by atoms with Crippen LogP contribution in [0, 0.1) is 18.2 Å². The van der Waals surface area contributed by atoms with Gasteiger partial charge in [0.05, 0.1) is 23.4 Å². The van der Waals surface area contributed by atoms with Crippen molar-refractivity contribution in [2.45, 2.75) is 32.7 Å². The van der Waals surface area contributed by atoms with Crippen molar-refractivity contribution in [3.8, 4) is 16.8 Å². The highest BCUT2D eigenvalue weighted by molar-refractivity contribution is 6.02. The molecule has 2 N–H and O–H groups in total. The van der Waals surface area contributed by atoms with Gasteiger partial charge in [-0.05, 0) is 13.8 Å². The van der Waals surface area contributed by atoms with E-state index >= 15 is 8.78 Å². The van der Waals surface area contributed by atoms with Crippen molar-refractivity contribution in [2.75, 3.05) is 5.32 Å². The highest BCUT2D eigenvalue weighted by atomic mass is 19.1. The third-order valence-electron chi connectivity index (χ3n) is 5.55. The van der Waals surface area contributed by atoms with Crippen LogP contribution in [0.4, 0.5) is 20.2 Å². The normalized spacial score (nSPS) is 14.1. The maximum Gasteiger partial charge on any atom is 0.211 e. The van der Waals surface area contributed by atoms with Crippen molar-refractivity contribution in [3.63, 3.8) is 0 Å². The Kier molecular flexibility index (Phi) is 3.74. The molecular formula is C22H18F2N6. The van der Waals surface area contributed by atoms with E-state index in [9.17, 15) is 0 Å². The van der Waals surface area contributed by atoms with Crippen molar-refractivity contribution in [3.05, 3.63) is 65.2 Å². The van der Waals surface area contributed by atoms with E-state index in [0.717, 1.165) is 0 Å². The first-order valence-electron chi connectivity index (χ1n) is 9.60. The molecule has 0 amide bonds. The number of halogens is 2. The number of nitrogens with zero attached hydrogens (tertiary/aromatic N) is 4. The van der Waals surface area contributed by atoms with Gasteiger partial charge in [-0.3, -0.25) is 4.57 Å². The fourth-order valence-corrected chi connectivity index (χ4v) is 4.19. The zero-order chi connectivity index (χ0) is 21.2. The maximum absolute atomic E-state index is 16.0. The van der Waals surface area contributed by atoms with Gasteiger partial charge in [-0.2, -0.15) is 0 Å². The fourth-order valence-electron chi connectivity index (χ4n) is 4.19. The van der Waals surface area contributed by atoms with E-state index in [-0.39, 0.29) is 11.3 Å². The molecule has 0 saturated carbocycles. The Hall–Kier alpha value is -3.73. The average molecular weight is 404 g/mol. The first-order chi connectivity index (χ1) is 14.4. The summed E-state index contributed by atoms with van der Waals surface area (Å²) in [5, 5.41) is 12.3. The van der Waals surface area contributed by atoms with Gasteiger partial charge in [0.1, 0.15) is 17.3 Å². The smallest absolute Gasteiger partial charge is 0.211 e. The number of anilines is 1. The lowest BCUT2D eigenvalue weighted by Crippen LogP contribution is -2.36. The lowest BCUT2D eigenvalue weighted by Gasteiger charge is -2.34. The molecule has 0 atom stereocenters. The molecule has 0 saturated heterocycles. The number of rotatable bonds is 2. The topological polar surface area (TPSA) is 62.9 Å². The SMILES string of the molecule is [C-]#[N+]c1c[nH]c2c(-c3c(F)cc4c(c3F)-n3c(CC)nnc3C(C)(C)N4)cccc12. The molecule has 3 heterocycles. The Morgan fingerprint density at radius 2 is 2.03 bits per heavy atom. The molecule has 0 unspecified atom stereocenters. The third kappa shape index (κ3) is 2.32. The minimum Gasteiger partial charge on any atom is -0.372 e. The van der Waals surface area contributed by atoms with E-state index in [2.05, 4.69) is 25.3 Å². The summed E-state index contributed by atoms with van der Waals surface area (Å²) in [6.07, 6.45) is 2.10. The molecule has 4 aromatic rings. The number of aromatic amines is 1. The first kappa shape index (κ1) is 18.3.